The lowest BCUT2D eigenvalue weighted by molar-refractivity contribution is 0.967. The molecule has 0 amide bonds. The van der Waals surface area contributed by atoms with E-state index in [-0.39, 0.29) is 0 Å². The van der Waals surface area contributed by atoms with Crippen LogP contribution in [0, 0.1) is 0 Å². The number of para-hydroxylation sites is 1. The molecule has 9 aromatic carbocycles. The molecule has 5 nitrogen and oxygen atoms in total. The van der Waals surface area contributed by atoms with Gasteiger partial charge in [0.25, 0.3) is 0 Å². The monoisotopic (exact) mass is 869 g/mol. The van der Waals surface area contributed by atoms with Gasteiger partial charge in [-0.25, -0.2) is 15.0 Å². The van der Waals surface area contributed by atoms with Crippen LogP contribution >= 0.6 is 0 Å². The van der Waals surface area contributed by atoms with Crippen molar-refractivity contribution in [1.29, 1.82) is 0 Å². The molecule has 5 heteroatoms. The highest BCUT2D eigenvalue weighted by Crippen LogP contribution is 2.45. The average Bonchev–Trinajstić information content (AvgIpc) is 3.93. The Morgan fingerprint density at radius 1 is 0.324 bits per heavy atom. The number of nitrogens with zero attached hydrogens (tertiary/aromatic N) is 5. The van der Waals surface area contributed by atoms with Gasteiger partial charge in [0, 0.05) is 44.1 Å². The van der Waals surface area contributed by atoms with Gasteiger partial charge in [0.2, 0.25) is 0 Å². The average molecular weight is 870 g/mol. The van der Waals surface area contributed by atoms with Crippen LogP contribution in [-0.2, 0) is 6.42 Å². The lowest BCUT2D eigenvalue weighted by atomic mass is 9.97. The van der Waals surface area contributed by atoms with Crippen molar-refractivity contribution in [2.45, 2.75) is 12.8 Å². The molecular formula is C63H43N5. The van der Waals surface area contributed by atoms with E-state index in [1.807, 2.05) is 36.4 Å². The quantitative estimate of drug-likeness (QED) is 0.153. The summed E-state index contributed by atoms with van der Waals surface area (Å²) in [6, 6.07) is 80.1. The molecule has 0 saturated carbocycles. The molecule has 0 saturated heterocycles. The molecule has 0 radical (unpaired) electrons. The predicted octanol–water partition coefficient (Wildman–Crippen LogP) is 15.9. The zero-order valence-electron chi connectivity index (χ0n) is 37.2. The standard InChI is InChI=1S/C63H43N5/c1-6-20-42(21-7-1)47-34-36-52-50-30-16-18-32-54(50)67(56(52)38-47)58-40-49(63-65-61(45-26-12-4-13-27-45)64-62(66-63)46-28-14-5-15-29-46)41-59(60(58)44-24-10-3-11-25-44)68-55-33-19-17-31-51(55)53-37-35-48(39-57(53)68)43-22-8-2-9-23-43/h1-16,18-30,32-41H,17,31H2. The van der Waals surface area contributed by atoms with E-state index in [0.29, 0.717) is 17.5 Å². The maximum Gasteiger partial charge on any atom is 0.164 e. The Morgan fingerprint density at radius 2 is 0.765 bits per heavy atom. The van der Waals surface area contributed by atoms with Crippen LogP contribution in [-0.4, -0.2) is 24.1 Å². The number of rotatable bonds is 8. The fourth-order valence-electron chi connectivity index (χ4n) is 10.3. The second-order valence-electron chi connectivity index (χ2n) is 17.5. The third-order valence-electron chi connectivity index (χ3n) is 13.4. The van der Waals surface area contributed by atoms with E-state index in [0.717, 1.165) is 74.1 Å². The summed E-state index contributed by atoms with van der Waals surface area (Å²) in [7, 11) is 0. The van der Waals surface area contributed by atoms with Gasteiger partial charge in [-0.05, 0) is 82.6 Å². The first-order valence-electron chi connectivity index (χ1n) is 23.3. The molecule has 0 bridgehead atoms. The number of fused-ring (bicyclic) bond motifs is 6. The van der Waals surface area contributed by atoms with E-state index in [1.165, 1.54) is 44.1 Å². The van der Waals surface area contributed by atoms with Crippen molar-refractivity contribution in [2.75, 3.05) is 0 Å². The molecule has 320 valence electrons. The minimum absolute atomic E-state index is 0.594. The Hall–Kier alpha value is -8.93. The van der Waals surface area contributed by atoms with Gasteiger partial charge in [-0.3, -0.25) is 0 Å². The molecule has 0 aliphatic heterocycles. The van der Waals surface area contributed by atoms with E-state index in [2.05, 4.69) is 209 Å². The third kappa shape index (κ3) is 6.75. The molecule has 12 aromatic rings. The smallest absolute Gasteiger partial charge is 0.164 e. The second kappa shape index (κ2) is 16.5. The molecule has 1 aliphatic rings. The number of hydrogen-bond donors (Lipinski definition) is 0. The Labute approximate surface area is 394 Å². The van der Waals surface area contributed by atoms with Crippen LogP contribution in [0.3, 0.4) is 0 Å². The molecule has 0 fully saturated rings. The van der Waals surface area contributed by atoms with E-state index in [4.69, 9.17) is 15.0 Å². The first kappa shape index (κ1) is 39.4. The molecule has 68 heavy (non-hydrogen) atoms. The normalized spacial score (nSPS) is 12.2. The highest BCUT2D eigenvalue weighted by molar-refractivity contribution is 6.11. The van der Waals surface area contributed by atoms with E-state index >= 15 is 0 Å². The van der Waals surface area contributed by atoms with Crippen LogP contribution < -0.4 is 0 Å². The number of aromatic nitrogens is 5. The molecule has 0 spiro atoms. The number of aryl methyl sites for hydroxylation is 1. The van der Waals surface area contributed by atoms with Crippen molar-refractivity contribution in [3.05, 3.63) is 242 Å². The van der Waals surface area contributed by atoms with Gasteiger partial charge in [-0.2, -0.15) is 0 Å². The lowest BCUT2D eigenvalue weighted by Gasteiger charge is -2.23. The Kier molecular flexibility index (Phi) is 9.57. The Morgan fingerprint density at radius 3 is 1.34 bits per heavy atom. The largest absolute Gasteiger partial charge is 0.309 e. The summed E-state index contributed by atoms with van der Waals surface area (Å²) in [5.41, 5.74) is 17.6. The number of benzene rings is 9. The number of hydrogen-bond acceptors (Lipinski definition) is 3. The molecule has 13 rings (SSSR count). The van der Waals surface area contributed by atoms with Crippen molar-refractivity contribution in [1.82, 2.24) is 24.1 Å². The summed E-state index contributed by atoms with van der Waals surface area (Å²) < 4.78 is 5.00. The maximum absolute atomic E-state index is 5.37. The summed E-state index contributed by atoms with van der Waals surface area (Å²) in [5, 5.41) is 3.63. The molecule has 1 aliphatic carbocycles. The van der Waals surface area contributed by atoms with Crippen LogP contribution in [0.15, 0.2) is 231 Å². The lowest BCUT2D eigenvalue weighted by Crippen LogP contribution is -2.08. The summed E-state index contributed by atoms with van der Waals surface area (Å²) in [6.07, 6.45) is 6.60. The van der Waals surface area contributed by atoms with Crippen molar-refractivity contribution < 1.29 is 0 Å². The van der Waals surface area contributed by atoms with Gasteiger partial charge in [-0.1, -0.05) is 200 Å². The van der Waals surface area contributed by atoms with Crippen molar-refractivity contribution in [3.8, 4) is 78.9 Å². The maximum atomic E-state index is 5.37. The van der Waals surface area contributed by atoms with Crippen molar-refractivity contribution >= 4 is 38.8 Å². The Bertz CT molecular complexity index is 3810. The third-order valence-corrected chi connectivity index (χ3v) is 13.4. The zero-order valence-corrected chi connectivity index (χ0v) is 37.2. The second-order valence-corrected chi connectivity index (χ2v) is 17.5. The van der Waals surface area contributed by atoms with Gasteiger partial charge in [0.05, 0.1) is 27.9 Å². The van der Waals surface area contributed by atoms with Crippen LogP contribution in [0.4, 0.5) is 0 Å². The minimum Gasteiger partial charge on any atom is -0.309 e. The molecule has 3 aromatic heterocycles. The van der Waals surface area contributed by atoms with Crippen LogP contribution in [0.5, 0.6) is 0 Å². The van der Waals surface area contributed by atoms with E-state index in [9.17, 15) is 0 Å². The number of allylic oxidation sites excluding steroid dienone is 1. The fraction of sp³-hybridized carbons (Fsp3) is 0.0317. The van der Waals surface area contributed by atoms with Gasteiger partial charge in [0.1, 0.15) is 0 Å². The summed E-state index contributed by atoms with van der Waals surface area (Å²) >= 11 is 0. The van der Waals surface area contributed by atoms with E-state index < -0.39 is 0 Å². The summed E-state index contributed by atoms with van der Waals surface area (Å²) in [6.45, 7) is 0. The first-order chi connectivity index (χ1) is 33.7. The van der Waals surface area contributed by atoms with Gasteiger partial charge in [-0.15, -0.1) is 0 Å². The molecular weight excluding hydrogens is 827 g/mol. The van der Waals surface area contributed by atoms with Gasteiger partial charge in [0.15, 0.2) is 17.5 Å². The molecule has 0 N–H and O–H groups in total. The first-order valence-corrected chi connectivity index (χ1v) is 23.3. The van der Waals surface area contributed by atoms with Gasteiger partial charge >= 0.3 is 0 Å². The van der Waals surface area contributed by atoms with Gasteiger partial charge < -0.3 is 9.13 Å². The van der Waals surface area contributed by atoms with E-state index in [1.54, 1.807) is 0 Å². The topological polar surface area (TPSA) is 48.5 Å². The van der Waals surface area contributed by atoms with Crippen LogP contribution in [0.1, 0.15) is 17.7 Å². The van der Waals surface area contributed by atoms with Crippen molar-refractivity contribution in [3.63, 3.8) is 0 Å². The van der Waals surface area contributed by atoms with Crippen LogP contribution in [0.25, 0.3) is 118 Å². The molecule has 3 heterocycles. The fourth-order valence-corrected chi connectivity index (χ4v) is 10.3. The predicted molar refractivity (Wildman–Crippen MR) is 281 cm³/mol. The SMILES string of the molecule is C1=Cc2c(c3ccc(-c4ccccc4)cc3n2-c2cc(-c3nc(-c4ccccc4)nc(-c4ccccc4)n3)cc(-n3c4ccccc4c4ccc(-c5ccccc5)cc43)c2-c2ccccc2)CC1. The highest BCUT2D eigenvalue weighted by Gasteiger charge is 2.27. The van der Waals surface area contributed by atoms with Crippen molar-refractivity contribution in [2.24, 2.45) is 0 Å². The summed E-state index contributed by atoms with van der Waals surface area (Å²) in [5.74, 6) is 1.83. The van der Waals surface area contributed by atoms with Crippen LogP contribution in [0.2, 0.25) is 0 Å². The molecule has 0 atom stereocenters. The molecule has 0 unspecified atom stereocenters. The zero-order chi connectivity index (χ0) is 45.0. The minimum atomic E-state index is 0.594. The Balaban J connectivity index is 1.20. The highest BCUT2D eigenvalue weighted by atomic mass is 15.1. The summed E-state index contributed by atoms with van der Waals surface area (Å²) in [4.78, 5) is 15.9.